The Kier molecular flexibility index (Phi) is 4.74. The third-order valence-corrected chi connectivity index (χ3v) is 4.90. The predicted octanol–water partition coefficient (Wildman–Crippen LogP) is 3.26. The van der Waals surface area contributed by atoms with Gasteiger partial charge in [0.05, 0.1) is 6.10 Å². The van der Waals surface area contributed by atoms with E-state index in [-0.39, 0.29) is 11.8 Å². The quantitative estimate of drug-likeness (QED) is 0.937. The summed E-state index contributed by atoms with van der Waals surface area (Å²) in [6, 6.07) is 11.1. The molecular formula is C18H21ClN2O2. The van der Waals surface area contributed by atoms with E-state index in [1.165, 1.54) is 0 Å². The first-order valence-electron chi connectivity index (χ1n) is 7.90. The van der Waals surface area contributed by atoms with Gasteiger partial charge in [0.2, 0.25) is 0 Å². The molecule has 0 radical (unpaired) electrons. The van der Waals surface area contributed by atoms with Gasteiger partial charge in [-0.05, 0) is 48.6 Å². The molecule has 1 aliphatic heterocycles. The van der Waals surface area contributed by atoms with Crippen LogP contribution in [-0.4, -0.2) is 33.6 Å². The Hall–Kier alpha value is -1.78. The lowest BCUT2D eigenvalue weighted by Crippen LogP contribution is -2.40. The normalized spacial score (nSPS) is 17.3. The molecule has 1 fully saturated rings. The summed E-state index contributed by atoms with van der Waals surface area (Å²) in [5.74, 6) is 0.241. The minimum absolute atomic E-state index is 0.0666. The van der Waals surface area contributed by atoms with Gasteiger partial charge in [-0.3, -0.25) is 4.79 Å². The van der Waals surface area contributed by atoms with Crippen LogP contribution in [-0.2, 0) is 7.05 Å². The van der Waals surface area contributed by atoms with Crippen LogP contribution in [0.3, 0.4) is 0 Å². The number of aromatic nitrogens is 1. The molecule has 0 bridgehead atoms. The van der Waals surface area contributed by atoms with E-state index in [2.05, 4.69) is 0 Å². The number of carbonyl (C=O) groups excluding carboxylic acids is 1. The summed E-state index contributed by atoms with van der Waals surface area (Å²) < 4.78 is 1.84. The molecule has 1 atom stereocenters. The number of aryl methyl sites for hydroxylation is 1. The zero-order valence-corrected chi connectivity index (χ0v) is 13.9. The third-order valence-electron chi connectivity index (χ3n) is 4.65. The first-order chi connectivity index (χ1) is 11.1. The number of halogens is 1. The van der Waals surface area contributed by atoms with Crippen LogP contribution in [0.2, 0.25) is 5.02 Å². The van der Waals surface area contributed by atoms with Crippen LogP contribution in [0.15, 0.2) is 42.6 Å². The van der Waals surface area contributed by atoms with Crippen molar-refractivity contribution in [2.45, 2.75) is 18.9 Å². The summed E-state index contributed by atoms with van der Waals surface area (Å²) in [5, 5.41) is 11.2. The van der Waals surface area contributed by atoms with Crippen LogP contribution in [0.1, 0.15) is 35.0 Å². The van der Waals surface area contributed by atoms with Crippen molar-refractivity contribution >= 4 is 17.5 Å². The Labute approximate surface area is 141 Å². The number of nitrogens with zero attached hydrogens (tertiary/aromatic N) is 2. The Morgan fingerprint density at radius 2 is 1.87 bits per heavy atom. The van der Waals surface area contributed by atoms with Crippen LogP contribution in [0.25, 0.3) is 0 Å². The second-order valence-corrected chi connectivity index (χ2v) is 6.57. The fraction of sp³-hybridized carbons (Fsp3) is 0.389. The predicted molar refractivity (Wildman–Crippen MR) is 90.5 cm³/mol. The second kappa shape index (κ2) is 6.77. The van der Waals surface area contributed by atoms with Crippen molar-refractivity contribution in [1.82, 2.24) is 9.47 Å². The maximum atomic E-state index is 12.5. The number of rotatable bonds is 3. The summed E-state index contributed by atoms with van der Waals surface area (Å²) in [4.78, 5) is 14.4. The number of carbonyl (C=O) groups is 1. The van der Waals surface area contributed by atoms with Gasteiger partial charge >= 0.3 is 0 Å². The SMILES string of the molecule is Cn1cccc1C(=O)N1CCC([C@@H](O)c2ccc(Cl)cc2)CC1. The van der Waals surface area contributed by atoms with Crippen LogP contribution in [0.4, 0.5) is 0 Å². The number of hydrogen-bond acceptors (Lipinski definition) is 2. The van der Waals surface area contributed by atoms with Gasteiger partial charge < -0.3 is 14.6 Å². The smallest absolute Gasteiger partial charge is 0.270 e. The molecule has 122 valence electrons. The first-order valence-corrected chi connectivity index (χ1v) is 8.28. The van der Waals surface area contributed by atoms with E-state index >= 15 is 0 Å². The highest BCUT2D eigenvalue weighted by molar-refractivity contribution is 6.30. The zero-order valence-electron chi connectivity index (χ0n) is 13.2. The molecule has 4 nitrogen and oxygen atoms in total. The minimum atomic E-state index is -0.500. The zero-order chi connectivity index (χ0) is 16.4. The highest BCUT2D eigenvalue weighted by atomic mass is 35.5. The van der Waals surface area contributed by atoms with Gasteiger partial charge in [-0.15, -0.1) is 0 Å². The molecule has 1 amide bonds. The number of hydrogen-bond donors (Lipinski definition) is 1. The second-order valence-electron chi connectivity index (χ2n) is 6.13. The molecule has 2 heterocycles. The van der Waals surface area contributed by atoms with Crippen molar-refractivity contribution in [1.29, 1.82) is 0 Å². The molecule has 1 aromatic carbocycles. The minimum Gasteiger partial charge on any atom is -0.388 e. The van der Waals surface area contributed by atoms with Crippen molar-refractivity contribution < 1.29 is 9.90 Å². The molecular weight excluding hydrogens is 312 g/mol. The van der Waals surface area contributed by atoms with Gasteiger partial charge in [0.1, 0.15) is 5.69 Å². The lowest BCUT2D eigenvalue weighted by atomic mass is 9.87. The van der Waals surface area contributed by atoms with E-state index in [1.54, 1.807) is 12.1 Å². The average Bonchev–Trinajstić information content (AvgIpc) is 3.00. The van der Waals surface area contributed by atoms with Crippen molar-refractivity contribution in [2.75, 3.05) is 13.1 Å². The van der Waals surface area contributed by atoms with E-state index in [0.29, 0.717) is 23.8 Å². The number of aliphatic hydroxyl groups is 1. The molecule has 5 heteroatoms. The number of piperidine rings is 1. The van der Waals surface area contributed by atoms with Gasteiger partial charge in [0.15, 0.2) is 0 Å². The fourth-order valence-corrected chi connectivity index (χ4v) is 3.32. The van der Waals surface area contributed by atoms with Crippen molar-refractivity contribution in [3.05, 3.63) is 58.9 Å². The molecule has 1 N–H and O–H groups in total. The van der Waals surface area contributed by atoms with Crippen LogP contribution in [0.5, 0.6) is 0 Å². The monoisotopic (exact) mass is 332 g/mol. The summed E-state index contributed by atoms with van der Waals surface area (Å²) in [5.41, 5.74) is 1.60. The number of amides is 1. The van der Waals surface area contributed by atoms with Crippen LogP contribution >= 0.6 is 11.6 Å². The Bertz CT molecular complexity index is 673. The van der Waals surface area contributed by atoms with Gasteiger partial charge in [-0.25, -0.2) is 0 Å². The molecule has 3 rings (SSSR count). The Morgan fingerprint density at radius 3 is 2.43 bits per heavy atom. The molecule has 0 saturated carbocycles. The summed E-state index contributed by atoms with van der Waals surface area (Å²) in [6.45, 7) is 1.36. The highest BCUT2D eigenvalue weighted by Gasteiger charge is 2.29. The lowest BCUT2D eigenvalue weighted by Gasteiger charge is -2.34. The van der Waals surface area contributed by atoms with Gasteiger partial charge in [-0.1, -0.05) is 23.7 Å². The Morgan fingerprint density at radius 1 is 1.22 bits per heavy atom. The van der Waals surface area contributed by atoms with Crippen LogP contribution in [0, 0.1) is 5.92 Å². The first kappa shape index (κ1) is 16.1. The molecule has 1 aromatic heterocycles. The summed E-state index contributed by atoms with van der Waals surface area (Å²) in [6.07, 6.45) is 2.99. The van der Waals surface area contributed by atoms with Gasteiger partial charge in [0.25, 0.3) is 5.91 Å². The number of benzene rings is 1. The number of aliphatic hydroxyl groups excluding tert-OH is 1. The maximum Gasteiger partial charge on any atom is 0.270 e. The number of likely N-dealkylation sites (tertiary alicyclic amines) is 1. The van der Waals surface area contributed by atoms with E-state index < -0.39 is 6.10 Å². The van der Waals surface area contributed by atoms with Crippen molar-refractivity contribution in [3.63, 3.8) is 0 Å². The van der Waals surface area contributed by atoms with Crippen LogP contribution < -0.4 is 0 Å². The molecule has 0 aliphatic carbocycles. The van der Waals surface area contributed by atoms with E-state index in [9.17, 15) is 9.90 Å². The Balaban J connectivity index is 1.61. The summed E-state index contributed by atoms with van der Waals surface area (Å²) in [7, 11) is 1.88. The molecule has 1 saturated heterocycles. The third kappa shape index (κ3) is 3.43. The van der Waals surface area contributed by atoms with Crippen molar-refractivity contribution in [2.24, 2.45) is 13.0 Å². The summed E-state index contributed by atoms with van der Waals surface area (Å²) >= 11 is 5.89. The van der Waals surface area contributed by atoms with E-state index in [0.717, 1.165) is 18.4 Å². The van der Waals surface area contributed by atoms with Crippen molar-refractivity contribution in [3.8, 4) is 0 Å². The average molecular weight is 333 g/mol. The lowest BCUT2D eigenvalue weighted by molar-refractivity contribution is 0.0456. The molecule has 0 spiro atoms. The standard InChI is InChI=1S/C18H21ClN2O2/c1-20-10-2-3-16(20)18(23)21-11-8-14(9-12-21)17(22)13-4-6-15(19)7-5-13/h2-7,10,14,17,22H,8-9,11-12H2,1H3/t17-/m0/s1. The van der Waals surface area contributed by atoms with Gasteiger partial charge in [-0.2, -0.15) is 0 Å². The highest BCUT2D eigenvalue weighted by Crippen LogP contribution is 2.31. The van der Waals surface area contributed by atoms with E-state index in [1.807, 2.05) is 47.0 Å². The maximum absolute atomic E-state index is 12.5. The molecule has 2 aromatic rings. The fourth-order valence-electron chi connectivity index (χ4n) is 3.20. The molecule has 1 aliphatic rings. The topological polar surface area (TPSA) is 45.5 Å². The molecule has 23 heavy (non-hydrogen) atoms. The van der Waals surface area contributed by atoms with E-state index in [4.69, 9.17) is 11.6 Å². The molecule has 0 unspecified atom stereocenters. The largest absolute Gasteiger partial charge is 0.388 e. The van der Waals surface area contributed by atoms with Gasteiger partial charge in [0, 0.05) is 31.4 Å².